The molecule has 1 heterocycles. The SMILES string of the molecule is CC1(C)c2cc3ccccc3cc2-c2c(-c3cc(-c4ccc(-c5c(-c6ccccc6)ccc6ccccc56)cc4)nc(-c4ccccc4)n3)cccc21. The van der Waals surface area contributed by atoms with Gasteiger partial charge in [-0.3, -0.25) is 0 Å². The van der Waals surface area contributed by atoms with Crippen molar-refractivity contribution in [1.82, 2.24) is 9.97 Å². The molecule has 0 bridgehead atoms. The lowest BCUT2D eigenvalue weighted by Crippen LogP contribution is -2.14. The molecule has 0 N–H and O–H groups in total. The third-order valence-electron chi connectivity index (χ3n) is 11.1. The first kappa shape index (κ1) is 31.1. The van der Waals surface area contributed by atoms with Crippen molar-refractivity contribution in [2.24, 2.45) is 0 Å². The average Bonchev–Trinajstić information content (AvgIpc) is 3.45. The van der Waals surface area contributed by atoms with Crippen LogP contribution in [0, 0.1) is 0 Å². The first-order chi connectivity index (χ1) is 26.0. The maximum atomic E-state index is 5.29. The van der Waals surface area contributed by atoms with Gasteiger partial charge in [0.05, 0.1) is 11.4 Å². The second kappa shape index (κ2) is 12.3. The van der Waals surface area contributed by atoms with Crippen molar-refractivity contribution in [3.8, 4) is 67.3 Å². The smallest absolute Gasteiger partial charge is 0.160 e. The lowest BCUT2D eigenvalue weighted by Gasteiger charge is -2.22. The van der Waals surface area contributed by atoms with Gasteiger partial charge in [0, 0.05) is 22.1 Å². The molecule has 8 aromatic carbocycles. The van der Waals surface area contributed by atoms with Gasteiger partial charge in [-0.05, 0) is 84.3 Å². The molecule has 1 aliphatic rings. The molecule has 0 spiro atoms. The highest BCUT2D eigenvalue weighted by Gasteiger charge is 2.37. The first-order valence-corrected chi connectivity index (χ1v) is 18.3. The van der Waals surface area contributed by atoms with Gasteiger partial charge in [0.15, 0.2) is 5.82 Å². The maximum Gasteiger partial charge on any atom is 0.160 e. The minimum atomic E-state index is -0.140. The molecule has 9 aromatic rings. The Balaban J connectivity index is 1.15. The van der Waals surface area contributed by atoms with Gasteiger partial charge in [-0.15, -0.1) is 0 Å². The number of aromatic nitrogens is 2. The molecule has 2 heteroatoms. The van der Waals surface area contributed by atoms with Crippen molar-refractivity contribution in [3.63, 3.8) is 0 Å². The molecule has 2 nitrogen and oxygen atoms in total. The van der Waals surface area contributed by atoms with Gasteiger partial charge in [-0.1, -0.05) is 178 Å². The van der Waals surface area contributed by atoms with Crippen LogP contribution in [0.3, 0.4) is 0 Å². The molecule has 0 atom stereocenters. The molecule has 0 unspecified atom stereocenters. The predicted molar refractivity (Wildman–Crippen MR) is 222 cm³/mol. The van der Waals surface area contributed by atoms with Gasteiger partial charge in [0.1, 0.15) is 0 Å². The topological polar surface area (TPSA) is 25.8 Å². The van der Waals surface area contributed by atoms with Gasteiger partial charge in [0.25, 0.3) is 0 Å². The molecule has 0 amide bonds. The van der Waals surface area contributed by atoms with Crippen LogP contribution in [-0.4, -0.2) is 9.97 Å². The Kier molecular flexibility index (Phi) is 7.19. The summed E-state index contributed by atoms with van der Waals surface area (Å²) in [5.41, 5.74) is 14.9. The number of benzene rings is 8. The molecule has 0 saturated carbocycles. The molecule has 0 saturated heterocycles. The molecule has 0 aliphatic heterocycles. The summed E-state index contributed by atoms with van der Waals surface area (Å²) in [6.45, 7) is 4.69. The summed E-state index contributed by atoms with van der Waals surface area (Å²) in [6, 6.07) is 65.4. The largest absolute Gasteiger partial charge is 0.228 e. The molecular formula is C51H36N2. The molecular weight excluding hydrogens is 641 g/mol. The molecule has 10 rings (SSSR count). The fraction of sp³-hybridized carbons (Fsp3) is 0.0588. The van der Waals surface area contributed by atoms with Crippen LogP contribution in [0.2, 0.25) is 0 Å². The van der Waals surface area contributed by atoms with E-state index >= 15 is 0 Å². The molecule has 1 aliphatic carbocycles. The van der Waals surface area contributed by atoms with Gasteiger partial charge < -0.3 is 0 Å². The minimum absolute atomic E-state index is 0.140. The van der Waals surface area contributed by atoms with Gasteiger partial charge in [-0.25, -0.2) is 9.97 Å². The van der Waals surface area contributed by atoms with Gasteiger partial charge >= 0.3 is 0 Å². The fourth-order valence-electron chi connectivity index (χ4n) is 8.38. The van der Waals surface area contributed by atoms with Gasteiger partial charge in [0.2, 0.25) is 0 Å². The molecule has 0 fully saturated rings. The van der Waals surface area contributed by atoms with Crippen molar-refractivity contribution in [2.45, 2.75) is 19.3 Å². The number of rotatable bonds is 5. The lowest BCUT2D eigenvalue weighted by atomic mass is 9.81. The van der Waals surface area contributed by atoms with E-state index in [9.17, 15) is 0 Å². The Hall–Kier alpha value is -6.64. The first-order valence-electron chi connectivity index (χ1n) is 18.3. The monoisotopic (exact) mass is 676 g/mol. The van der Waals surface area contributed by atoms with Crippen LogP contribution in [0.4, 0.5) is 0 Å². The van der Waals surface area contributed by atoms with Crippen LogP contribution in [-0.2, 0) is 5.41 Å². The van der Waals surface area contributed by atoms with E-state index in [1.54, 1.807) is 0 Å². The number of nitrogens with zero attached hydrogens (tertiary/aromatic N) is 2. The molecule has 0 radical (unpaired) electrons. The van der Waals surface area contributed by atoms with Crippen molar-refractivity contribution >= 4 is 21.5 Å². The predicted octanol–water partition coefficient (Wildman–Crippen LogP) is 13.4. The van der Waals surface area contributed by atoms with Crippen LogP contribution in [0.1, 0.15) is 25.0 Å². The Morgan fingerprint density at radius 1 is 0.358 bits per heavy atom. The van der Waals surface area contributed by atoms with E-state index in [1.807, 2.05) is 6.07 Å². The Morgan fingerprint density at radius 3 is 1.74 bits per heavy atom. The second-order valence-electron chi connectivity index (χ2n) is 14.6. The standard InChI is InChI=1S/C51H36N2/c1-51(2)44-23-13-22-42(49(44)43-30-38-19-9-10-20-39(38)31-45(43)51)47-32-46(52-50(53-47)37-17-7-4-8-18-37)35-24-26-36(27-25-35)48-40-21-12-11-16-34(40)28-29-41(48)33-14-5-3-6-15-33/h3-32H,1-2H3. The van der Waals surface area contributed by atoms with Crippen molar-refractivity contribution < 1.29 is 0 Å². The second-order valence-corrected chi connectivity index (χ2v) is 14.6. The molecule has 53 heavy (non-hydrogen) atoms. The highest BCUT2D eigenvalue weighted by molar-refractivity contribution is 6.04. The zero-order chi connectivity index (χ0) is 35.5. The van der Waals surface area contributed by atoms with Gasteiger partial charge in [-0.2, -0.15) is 0 Å². The fourth-order valence-corrected chi connectivity index (χ4v) is 8.38. The van der Waals surface area contributed by atoms with Crippen LogP contribution >= 0.6 is 0 Å². The summed E-state index contributed by atoms with van der Waals surface area (Å²) in [4.78, 5) is 10.5. The van der Waals surface area contributed by atoms with E-state index in [4.69, 9.17) is 9.97 Å². The Bertz CT molecular complexity index is 2830. The maximum absolute atomic E-state index is 5.29. The van der Waals surface area contributed by atoms with E-state index in [0.717, 1.165) is 33.9 Å². The third kappa shape index (κ3) is 5.18. The number of hydrogen-bond donors (Lipinski definition) is 0. The lowest BCUT2D eigenvalue weighted by molar-refractivity contribution is 0.661. The van der Waals surface area contributed by atoms with Crippen molar-refractivity contribution in [1.29, 1.82) is 0 Å². The summed E-state index contributed by atoms with van der Waals surface area (Å²) in [5, 5.41) is 4.99. The van der Waals surface area contributed by atoms with Crippen LogP contribution < -0.4 is 0 Å². The summed E-state index contributed by atoms with van der Waals surface area (Å²) in [6.07, 6.45) is 0. The Morgan fingerprint density at radius 2 is 0.981 bits per heavy atom. The Labute approximate surface area is 310 Å². The quantitative estimate of drug-likeness (QED) is 0.181. The zero-order valence-corrected chi connectivity index (χ0v) is 29.7. The van der Waals surface area contributed by atoms with Crippen molar-refractivity contribution in [3.05, 3.63) is 193 Å². The zero-order valence-electron chi connectivity index (χ0n) is 29.7. The van der Waals surface area contributed by atoms with E-state index in [0.29, 0.717) is 0 Å². The van der Waals surface area contributed by atoms with Crippen LogP contribution in [0.5, 0.6) is 0 Å². The van der Waals surface area contributed by atoms with E-state index < -0.39 is 0 Å². The molecule has 250 valence electrons. The molecule has 1 aromatic heterocycles. The third-order valence-corrected chi connectivity index (χ3v) is 11.1. The normalized spacial score (nSPS) is 12.9. The minimum Gasteiger partial charge on any atom is -0.228 e. The van der Waals surface area contributed by atoms with E-state index in [1.165, 1.54) is 66.1 Å². The average molecular weight is 677 g/mol. The highest BCUT2D eigenvalue weighted by Crippen LogP contribution is 2.53. The number of fused-ring (bicyclic) bond motifs is 5. The summed E-state index contributed by atoms with van der Waals surface area (Å²) < 4.78 is 0. The van der Waals surface area contributed by atoms with E-state index in [2.05, 4.69) is 190 Å². The van der Waals surface area contributed by atoms with Crippen LogP contribution in [0.25, 0.3) is 88.8 Å². The number of hydrogen-bond acceptors (Lipinski definition) is 2. The van der Waals surface area contributed by atoms with Crippen LogP contribution in [0.15, 0.2) is 182 Å². The summed E-state index contributed by atoms with van der Waals surface area (Å²) in [5.74, 6) is 0.719. The van der Waals surface area contributed by atoms with Crippen molar-refractivity contribution in [2.75, 3.05) is 0 Å². The summed E-state index contributed by atoms with van der Waals surface area (Å²) >= 11 is 0. The van der Waals surface area contributed by atoms with E-state index in [-0.39, 0.29) is 5.41 Å². The highest BCUT2D eigenvalue weighted by atomic mass is 14.9. The summed E-state index contributed by atoms with van der Waals surface area (Å²) in [7, 11) is 0.